The molecule has 0 spiro atoms. The third-order valence-corrected chi connectivity index (χ3v) is 4.70. The quantitative estimate of drug-likeness (QED) is 0.506. The second-order valence-electron chi connectivity index (χ2n) is 6.90. The molecule has 0 aliphatic heterocycles. The van der Waals surface area contributed by atoms with Crippen LogP contribution in [0.25, 0.3) is 22.1 Å². The summed E-state index contributed by atoms with van der Waals surface area (Å²) < 4.78 is 15.9. The van der Waals surface area contributed by atoms with Crippen molar-refractivity contribution in [2.45, 2.75) is 25.8 Å². The number of rotatable bonds is 9. The number of benzene rings is 2. The van der Waals surface area contributed by atoms with Gasteiger partial charge in [0.25, 0.3) is 5.91 Å². The minimum absolute atomic E-state index is 0.311. The van der Waals surface area contributed by atoms with Gasteiger partial charge in [-0.1, -0.05) is 25.5 Å². The minimum atomic E-state index is -1.09. The van der Waals surface area contributed by atoms with Crippen molar-refractivity contribution < 1.29 is 28.6 Å². The highest BCUT2D eigenvalue weighted by atomic mass is 16.5. The number of nitrogens with one attached hydrogen (secondary N) is 1. The Hall–Kier alpha value is -3.81. The summed E-state index contributed by atoms with van der Waals surface area (Å²) in [6, 6.07) is 12.7. The molecule has 8 heteroatoms. The molecule has 0 radical (unpaired) electrons. The zero-order valence-corrected chi connectivity index (χ0v) is 17.2. The normalized spacial score (nSPS) is 11.7. The second kappa shape index (κ2) is 9.80. The van der Waals surface area contributed by atoms with E-state index in [2.05, 4.69) is 5.32 Å². The molecule has 1 atom stereocenters. The zero-order valence-electron chi connectivity index (χ0n) is 17.2. The van der Waals surface area contributed by atoms with E-state index in [9.17, 15) is 14.4 Å². The van der Waals surface area contributed by atoms with Gasteiger partial charge in [0.1, 0.15) is 23.1 Å². The summed E-state index contributed by atoms with van der Waals surface area (Å²) in [4.78, 5) is 35.3. The van der Waals surface area contributed by atoms with Crippen molar-refractivity contribution in [1.29, 1.82) is 0 Å². The van der Waals surface area contributed by atoms with Gasteiger partial charge in [0.2, 0.25) is 0 Å². The van der Waals surface area contributed by atoms with Gasteiger partial charge in [-0.2, -0.15) is 0 Å². The molecule has 162 valence electrons. The van der Waals surface area contributed by atoms with E-state index in [1.165, 1.54) is 12.1 Å². The van der Waals surface area contributed by atoms with E-state index in [1.807, 2.05) is 19.1 Å². The summed E-state index contributed by atoms with van der Waals surface area (Å²) in [6.07, 6.45) is 0.953. The molecule has 8 nitrogen and oxygen atoms in total. The molecule has 0 saturated carbocycles. The summed E-state index contributed by atoms with van der Waals surface area (Å²) in [5.41, 5.74) is 1.31. The predicted octanol–water partition coefficient (Wildman–Crippen LogP) is 3.22. The lowest BCUT2D eigenvalue weighted by Crippen LogP contribution is -2.42. The zero-order chi connectivity index (χ0) is 22.4. The molecule has 0 fully saturated rings. The van der Waals surface area contributed by atoms with E-state index in [0.29, 0.717) is 40.9 Å². The van der Waals surface area contributed by atoms with Gasteiger partial charge in [0.05, 0.1) is 7.11 Å². The number of aliphatic carboxylic acids is 1. The number of fused-ring (bicyclic) bond motifs is 1. The van der Waals surface area contributed by atoms with Gasteiger partial charge in [-0.3, -0.25) is 4.79 Å². The third-order valence-electron chi connectivity index (χ3n) is 4.70. The van der Waals surface area contributed by atoms with Gasteiger partial charge in [0.15, 0.2) is 6.61 Å². The molecule has 2 aromatic carbocycles. The minimum Gasteiger partial charge on any atom is -0.497 e. The van der Waals surface area contributed by atoms with Crippen LogP contribution in [-0.4, -0.2) is 36.7 Å². The number of methoxy groups -OCH3 is 1. The van der Waals surface area contributed by atoms with Gasteiger partial charge in [-0.05, 0) is 41.8 Å². The van der Waals surface area contributed by atoms with E-state index in [4.69, 9.17) is 19.0 Å². The Labute approximate surface area is 178 Å². The first-order valence-corrected chi connectivity index (χ1v) is 9.78. The molecule has 3 rings (SSSR count). The summed E-state index contributed by atoms with van der Waals surface area (Å²) in [5.74, 6) is -0.614. The first kappa shape index (κ1) is 21.9. The van der Waals surface area contributed by atoms with E-state index in [-0.39, 0.29) is 6.61 Å². The van der Waals surface area contributed by atoms with Crippen LogP contribution in [0.2, 0.25) is 0 Å². The van der Waals surface area contributed by atoms with Crippen molar-refractivity contribution in [1.82, 2.24) is 5.32 Å². The Morgan fingerprint density at radius 3 is 2.45 bits per heavy atom. The second-order valence-corrected chi connectivity index (χ2v) is 6.90. The molecule has 2 N–H and O–H groups in total. The fourth-order valence-electron chi connectivity index (χ4n) is 3.17. The SMILES string of the molecule is CCC[C@@H](NC(=O)COc1ccc2c(-c3ccc(OC)cc3)cc(=O)oc2c1)C(=O)O. The van der Waals surface area contributed by atoms with Gasteiger partial charge in [-0.15, -0.1) is 0 Å². The molecule has 0 aliphatic rings. The average molecular weight is 425 g/mol. The Balaban J connectivity index is 1.79. The standard InChI is InChI=1S/C23H23NO7/c1-3-4-19(23(27)28)24-21(25)13-30-16-9-10-17-18(12-22(26)31-20(17)11-16)14-5-7-15(29-2)8-6-14/h5-12,19H,3-4,13H2,1-2H3,(H,24,25)(H,27,28)/t19-/m1/s1. The lowest BCUT2D eigenvalue weighted by atomic mass is 10.0. The fourth-order valence-corrected chi connectivity index (χ4v) is 3.17. The lowest BCUT2D eigenvalue weighted by molar-refractivity contribution is -0.142. The maximum Gasteiger partial charge on any atom is 0.336 e. The highest BCUT2D eigenvalue weighted by Crippen LogP contribution is 2.30. The van der Waals surface area contributed by atoms with Crippen LogP contribution in [0.5, 0.6) is 11.5 Å². The molecule has 3 aromatic rings. The van der Waals surface area contributed by atoms with E-state index < -0.39 is 23.5 Å². The smallest absolute Gasteiger partial charge is 0.336 e. The third kappa shape index (κ3) is 5.42. The number of carboxylic acids is 1. The van der Waals surface area contributed by atoms with Crippen LogP contribution in [-0.2, 0) is 9.59 Å². The highest BCUT2D eigenvalue weighted by Gasteiger charge is 2.19. The number of carbonyl (C=O) groups excluding carboxylic acids is 1. The van der Waals surface area contributed by atoms with Crippen molar-refractivity contribution in [3.8, 4) is 22.6 Å². The van der Waals surface area contributed by atoms with E-state index in [1.54, 1.807) is 31.4 Å². The molecule has 0 bridgehead atoms. The van der Waals surface area contributed by atoms with Crippen LogP contribution in [0.1, 0.15) is 19.8 Å². The molecular formula is C23H23NO7. The van der Waals surface area contributed by atoms with Crippen LogP contribution in [0.3, 0.4) is 0 Å². The van der Waals surface area contributed by atoms with Crippen LogP contribution < -0.4 is 20.4 Å². The van der Waals surface area contributed by atoms with Crippen LogP contribution in [0.15, 0.2) is 57.7 Å². The Morgan fingerprint density at radius 2 is 1.81 bits per heavy atom. The monoisotopic (exact) mass is 425 g/mol. The average Bonchev–Trinajstić information content (AvgIpc) is 2.76. The lowest BCUT2D eigenvalue weighted by Gasteiger charge is -2.14. The van der Waals surface area contributed by atoms with E-state index >= 15 is 0 Å². The molecule has 1 heterocycles. The van der Waals surface area contributed by atoms with Gasteiger partial charge in [-0.25, -0.2) is 9.59 Å². The summed E-state index contributed by atoms with van der Waals surface area (Å²) in [7, 11) is 1.58. The number of hydrogen-bond donors (Lipinski definition) is 2. The number of amides is 1. The predicted molar refractivity (Wildman–Crippen MR) is 114 cm³/mol. The number of ether oxygens (including phenoxy) is 2. The van der Waals surface area contributed by atoms with Gasteiger partial charge >= 0.3 is 11.6 Å². The molecule has 0 saturated heterocycles. The van der Waals surface area contributed by atoms with Crippen LogP contribution in [0.4, 0.5) is 0 Å². The number of carbonyl (C=O) groups is 2. The molecular weight excluding hydrogens is 402 g/mol. The summed E-state index contributed by atoms with van der Waals surface area (Å²) in [6.45, 7) is 1.48. The van der Waals surface area contributed by atoms with Crippen molar-refractivity contribution in [3.63, 3.8) is 0 Å². The largest absolute Gasteiger partial charge is 0.497 e. The molecule has 1 amide bonds. The van der Waals surface area contributed by atoms with Crippen molar-refractivity contribution >= 4 is 22.8 Å². The number of carboxylic acid groups (broad SMARTS) is 1. The van der Waals surface area contributed by atoms with Crippen LogP contribution >= 0.6 is 0 Å². The van der Waals surface area contributed by atoms with Crippen LogP contribution in [0, 0.1) is 0 Å². The van der Waals surface area contributed by atoms with Crippen molar-refractivity contribution in [2.24, 2.45) is 0 Å². The summed E-state index contributed by atoms with van der Waals surface area (Å²) >= 11 is 0. The Kier molecular flexibility index (Phi) is 6.92. The van der Waals surface area contributed by atoms with E-state index in [0.717, 1.165) is 5.56 Å². The number of hydrogen-bond acceptors (Lipinski definition) is 6. The molecule has 31 heavy (non-hydrogen) atoms. The fraction of sp³-hybridized carbons (Fsp3) is 0.261. The molecule has 0 aliphatic carbocycles. The van der Waals surface area contributed by atoms with Crippen molar-refractivity contribution in [2.75, 3.05) is 13.7 Å². The highest BCUT2D eigenvalue weighted by molar-refractivity contribution is 5.94. The topological polar surface area (TPSA) is 115 Å². The Morgan fingerprint density at radius 1 is 1.10 bits per heavy atom. The maximum atomic E-state index is 12.1. The summed E-state index contributed by atoms with van der Waals surface area (Å²) in [5, 5.41) is 12.3. The maximum absolute atomic E-state index is 12.1. The van der Waals surface area contributed by atoms with Crippen molar-refractivity contribution in [3.05, 3.63) is 59.0 Å². The Bertz CT molecular complexity index is 1130. The first-order valence-electron chi connectivity index (χ1n) is 9.78. The molecule has 0 unspecified atom stereocenters. The van der Waals surface area contributed by atoms with Gasteiger partial charge in [0, 0.05) is 17.5 Å². The van der Waals surface area contributed by atoms with Gasteiger partial charge < -0.3 is 24.3 Å². The molecule has 1 aromatic heterocycles. The first-order chi connectivity index (χ1) is 14.9.